The van der Waals surface area contributed by atoms with E-state index in [-0.39, 0.29) is 11.5 Å². The maximum absolute atomic E-state index is 12.8. The van der Waals surface area contributed by atoms with Crippen LogP contribution in [-0.2, 0) is 11.2 Å². The number of pyridine rings is 1. The monoisotopic (exact) mass is 272 g/mol. The quantitative estimate of drug-likeness (QED) is 0.916. The molecule has 1 atom stereocenters. The molecular weight excluding hydrogens is 248 g/mol. The molecule has 0 radical (unpaired) electrons. The van der Waals surface area contributed by atoms with Gasteiger partial charge >= 0.3 is 0 Å². The summed E-state index contributed by atoms with van der Waals surface area (Å²) in [6.45, 7) is 0. The molecular formula is C17H24N2O. The highest BCUT2D eigenvalue weighted by Crippen LogP contribution is 2.37. The molecule has 1 saturated carbocycles. The van der Waals surface area contributed by atoms with E-state index in [0.717, 1.165) is 31.4 Å². The van der Waals surface area contributed by atoms with Crippen molar-refractivity contribution in [2.24, 2.45) is 0 Å². The fourth-order valence-corrected chi connectivity index (χ4v) is 3.93. The van der Waals surface area contributed by atoms with Crippen LogP contribution in [0.15, 0.2) is 18.3 Å². The maximum Gasteiger partial charge on any atom is 0.143 e. The Morgan fingerprint density at radius 3 is 2.95 bits per heavy atom. The minimum Gasteiger partial charge on any atom is -0.314 e. The molecule has 0 saturated heterocycles. The number of rotatable bonds is 4. The minimum absolute atomic E-state index is 0.0401. The normalized spacial score (nSPS) is 24.4. The largest absolute Gasteiger partial charge is 0.314 e. The third-order valence-corrected chi connectivity index (χ3v) is 5.20. The van der Waals surface area contributed by atoms with Crippen molar-refractivity contribution < 1.29 is 4.79 Å². The zero-order valence-corrected chi connectivity index (χ0v) is 12.3. The van der Waals surface area contributed by atoms with Gasteiger partial charge in [-0.3, -0.25) is 9.78 Å². The number of carbonyl (C=O) groups is 1. The predicted octanol–water partition coefficient (Wildman–Crippen LogP) is 2.99. The van der Waals surface area contributed by atoms with Gasteiger partial charge in [-0.2, -0.15) is 0 Å². The fraction of sp³-hybridized carbons (Fsp3) is 0.647. The summed E-state index contributed by atoms with van der Waals surface area (Å²) in [6, 6.07) is 4.09. The molecule has 1 heterocycles. The first-order chi connectivity index (χ1) is 9.74. The molecule has 3 nitrogen and oxygen atoms in total. The van der Waals surface area contributed by atoms with Crippen LogP contribution in [-0.4, -0.2) is 23.4 Å². The van der Waals surface area contributed by atoms with Gasteiger partial charge in [0.1, 0.15) is 5.78 Å². The summed E-state index contributed by atoms with van der Waals surface area (Å²) >= 11 is 0. The van der Waals surface area contributed by atoms with Crippen LogP contribution in [0.2, 0.25) is 0 Å². The number of hydrogen-bond donors (Lipinski definition) is 1. The highest BCUT2D eigenvalue weighted by molar-refractivity contribution is 5.87. The van der Waals surface area contributed by atoms with Crippen molar-refractivity contribution in [3.05, 3.63) is 29.6 Å². The molecule has 1 aromatic rings. The summed E-state index contributed by atoms with van der Waals surface area (Å²) in [5.74, 6) is 0.428. The highest BCUT2D eigenvalue weighted by Gasteiger charge is 2.37. The second-order valence-corrected chi connectivity index (χ2v) is 6.37. The Labute approximate surface area is 121 Å². The van der Waals surface area contributed by atoms with Gasteiger partial charge in [0.05, 0.1) is 11.6 Å². The number of aryl methyl sites for hydroxylation is 1. The third-order valence-electron chi connectivity index (χ3n) is 5.20. The van der Waals surface area contributed by atoms with Crippen LogP contribution in [0.1, 0.15) is 62.1 Å². The van der Waals surface area contributed by atoms with Crippen LogP contribution in [0.3, 0.4) is 0 Å². The molecule has 3 heteroatoms. The fourth-order valence-electron chi connectivity index (χ4n) is 3.93. The van der Waals surface area contributed by atoms with Crippen LogP contribution in [0, 0.1) is 0 Å². The van der Waals surface area contributed by atoms with Gasteiger partial charge in [0, 0.05) is 18.2 Å². The van der Waals surface area contributed by atoms with E-state index < -0.39 is 0 Å². The molecule has 0 aliphatic heterocycles. The average molecular weight is 272 g/mol. The maximum atomic E-state index is 12.8. The van der Waals surface area contributed by atoms with Gasteiger partial charge in [-0.05, 0) is 44.4 Å². The number of fused-ring (bicyclic) bond motifs is 1. The molecule has 0 spiro atoms. The van der Waals surface area contributed by atoms with Gasteiger partial charge < -0.3 is 5.32 Å². The molecule has 3 rings (SSSR count). The SMILES string of the molecule is CNC1(CC(=O)C2CCc3cccnc32)CCCCC1. The van der Waals surface area contributed by atoms with Crippen LogP contribution < -0.4 is 5.32 Å². The van der Waals surface area contributed by atoms with Crippen LogP contribution in [0.4, 0.5) is 0 Å². The van der Waals surface area contributed by atoms with Crippen LogP contribution in [0.5, 0.6) is 0 Å². The molecule has 20 heavy (non-hydrogen) atoms. The summed E-state index contributed by atoms with van der Waals surface area (Å²) in [7, 11) is 2.01. The van der Waals surface area contributed by atoms with E-state index in [4.69, 9.17) is 0 Å². The molecule has 2 aliphatic carbocycles. The van der Waals surface area contributed by atoms with Crippen molar-refractivity contribution in [2.75, 3.05) is 7.05 Å². The number of Topliss-reactive ketones (excluding diaryl/α,β-unsaturated/α-hetero) is 1. The van der Waals surface area contributed by atoms with E-state index in [1.165, 1.54) is 24.8 Å². The van der Waals surface area contributed by atoms with E-state index in [0.29, 0.717) is 12.2 Å². The van der Waals surface area contributed by atoms with Crippen molar-refractivity contribution in [1.29, 1.82) is 0 Å². The van der Waals surface area contributed by atoms with Crippen molar-refractivity contribution in [2.45, 2.75) is 62.8 Å². The lowest BCUT2D eigenvalue weighted by atomic mass is 9.76. The topological polar surface area (TPSA) is 42.0 Å². The number of aromatic nitrogens is 1. The lowest BCUT2D eigenvalue weighted by molar-refractivity contribution is -0.122. The molecule has 0 amide bonds. The van der Waals surface area contributed by atoms with Gasteiger partial charge in [-0.15, -0.1) is 0 Å². The summed E-state index contributed by atoms with van der Waals surface area (Å²) < 4.78 is 0. The summed E-state index contributed by atoms with van der Waals surface area (Å²) in [4.78, 5) is 17.2. The van der Waals surface area contributed by atoms with Crippen LogP contribution >= 0.6 is 0 Å². The Kier molecular flexibility index (Phi) is 3.88. The van der Waals surface area contributed by atoms with E-state index in [2.05, 4.69) is 16.4 Å². The number of nitrogens with one attached hydrogen (secondary N) is 1. The summed E-state index contributed by atoms with van der Waals surface area (Å²) in [5, 5.41) is 3.45. The first-order valence-corrected chi connectivity index (χ1v) is 7.89. The summed E-state index contributed by atoms with van der Waals surface area (Å²) in [5.41, 5.74) is 2.36. The lowest BCUT2D eigenvalue weighted by Gasteiger charge is -2.37. The number of nitrogens with zero attached hydrogens (tertiary/aromatic N) is 1. The Morgan fingerprint density at radius 1 is 1.40 bits per heavy atom. The molecule has 1 aromatic heterocycles. The van der Waals surface area contributed by atoms with E-state index in [1.54, 1.807) is 0 Å². The van der Waals surface area contributed by atoms with Gasteiger partial charge in [-0.1, -0.05) is 25.3 Å². The molecule has 0 bridgehead atoms. The number of carbonyl (C=O) groups excluding carboxylic acids is 1. The van der Waals surface area contributed by atoms with Crippen molar-refractivity contribution in [1.82, 2.24) is 10.3 Å². The van der Waals surface area contributed by atoms with Crippen molar-refractivity contribution >= 4 is 5.78 Å². The zero-order chi connectivity index (χ0) is 14.0. The molecule has 1 N–H and O–H groups in total. The Bertz CT molecular complexity index is 492. The smallest absolute Gasteiger partial charge is 0.143 e. The lowest BCUT2D eigenvalue weighted by Crippen LogP contribution is -2.46. The standard InChI is InChI=1S/C17H24N2O/c1-18-17(9-3-2-4-10-17)12-15(20)14-8-7-13-6-5-11-19-16(13)14/h5-6,11,14,18H,2-4,7-10,12H2,1H3. The minimum atomic E-state index is 0.0401. The number of ketones is 1. The molecule has 2 aliphatic rings. The Morgan fingerprint density at radius 2 is 2.20 bits per heavy atom. The first-order valence-electron chi connectivity index (χ1n) is 7.89. The highest BCUT2D eigenvalue weighted by atomic mass is 16.1. The average Bonchev–Trinajstić information content (AvgIpc) is 2.92. The molecule has 1 unspecified atom stereocenters. The van der Waals surface area contributed by atoms with E-state index in [9.17, 15) is 4.79 Å². The predicted molar refractivity (Wildman–Crippen MR) is 79.8 cm³/mol. The Hall–Kier alpha value is -1.22. The zero-order valence-electron chi connectivity index (χ0n) is 12.3. The van der Waals surface area contributed by atoms with Crippen molar-refractivity contribution in [3.8, 4) is 0 Å². The van der Waals surface area contributed by atoms with E-state index in [1.807, 2.05) is 19.3 Å². The van der Waals surface area contributed by atoms with Gasteiger partial charge in [0.2, 0.25) is 0 Å². The molecule has 108 valence electrons. The Balaban J connectivity index is 1.74. The molecule has 1 fully saturated rings. The third kappa shape index (κ3) is 2.51. The second kappa shape index (κ2) is 5.65. The molecule has 0 aromatic carbocycles. The van der Waals surface area contributed by atoms with Crippen molar-refractivity contribution in [3.63, 3.8) is 0 Å². The summed E-state index contributed by atoms with van der Waals surface area (Å²) in [6.07, 6.45) is 10.5. The second-order valence-electron chi connectivity index (χ2n) is 6.37. The van der Waals surface area contributed by atoms with Crippen LogP contribution in [0.25, 0.3) is 0 Å². The van der Waals surface area contributed by atoms with Gasteiger partial charge in [0.25, 0.3) is 0 Å². The van der Waals surface area contributed by atoms with E-state index >= 15 is 0 Å². The first kappa shape index (κ1) is 13.7. The number of hydrogen-bond acceptors (Lipinski definition) is 3. The van der Waals surface area contributed by atoms with Gasteiger partial charge in [-0.25, -0.2) is 0 Å². The van der Waals surface area contributed by atoms with Gasteiger partial charge in [0.15, 0.2) is 0 Å².